The average Bonchev–Trinajstić information content (AvgIpc) is 2.75. The Kier molecular flexibility index (Phi) is 3.10. The Bertz CT molecular complexity index is 375. The maximum Gasteiger partial charge on any atom is 0.337 e. The van der Waals surface area contributed by atoms with E-state index in [2.05, 4.69) is 9.64 Å². The van der Waals surface area contributed by atoms with Crippen molar-refractivity contribution in [1.29, 1.82) is 0 Å². The van der Waals surface area contributed by atoms with Crippen LogP contribution in [0.2, 0.25) is 0 Å². The van der Waals surface area contributed by atoms with Gasteiger partial charge in [-0.2, -0.15) is 0 Å². The van der Waals surface area contributed by atoms with Gasteiger partial charge in [0.05, 0.1) is 12.7 Å². The largest absolute Gasteiger partial charge is 0.465 e. The number of nitrogens with two attached hydrogens (primary N) is 1. The van der Waals surface area contributed by atoms with Crippen LogP contribution in [0.15, 0.2) is 24.3 Å². The molecule has 0 aromatic heterocycles. The molecule has 16 heavy (non-hydrogen) atoms. The van der Waals surface area contributed by atoms with Crippen molar-refractivity contribution in [3.63, 3.8) is 0 Å². The SMILES string of the molecule is COC(=O)c1ccc(N2CC[C@H](N)C2)cc1. The summed E-state index contributed by atoms with van der Waals surface area (Å²) in [5.74, 6) is -0.301. The van der Waals surface area contributed by atoms with Gasteiger partial charge in [-0.1, -0.05) is 0 Å². The number of carbonyl (C=O) groups is 1. The number of esters is 1. The summed E-state index contributed by atoms with van der Waals surface area (Å²) in [6, 6.07) is 7.70. The number of rotatable bonds is 2. The Balaban J connectivity index is 2.10. The van der Waals surface area contributed by atoms with Gasteiger partial charge in [-0.15, -0.1) is 0 Å². The molecule has 0 amide bonds. The molecule has 1 atom stereocenters. The second kappa shape index (κ2) is 4.53. The summed E-state index contributed by atoms with van der Waals surface area (Å²) in [5, 5.41) is 0. The number of benzene rings is 1. The number of hydrogen-bond donors (Lipinski definition) is 1. The Labute approximate surface area is 95.0 Å². The zero-order valence-electron chi connectivity index (χ0n) is 9.35. The summed E-state index contributed by atoms with van der Waals surface area (Å²) < 4.78 is 4.65. The lowest BCUT2D eigenvalue weighted by Gasteiger charge is -2.18. The van der Waals surface area contributed by atoms with Crippen LogP contribution in [0.4, 0.5) is 5.69 Å². The van der Waals surface area contributed by atoms with Gasteiger partial charge in [-0.25, -0.2) is 4.79 Å². The van der Waals surface area contributed by atoms with Gasteiger partial charge in [0.1, 0.15) is 0 Å². The fourth-order valence-corrected chi connectivity index (χ4v) is 1.95. The van der Waals surface area contributed by atoms with Crippen LogP contribution in [0.5, 0.6) is 0 Å². The van der Waals surface area contributed by atoms with Crippen LogP contribution < -0.4 is 10.6 Å². The molecule has 0 radical (unpaired) electrons. The number of anilines is 1. The minimum Gasteiger partial charge on any atom is -0.465 e. The molecular weight excluding hydrogens is 204 g/mol. The second-order valence-electron chi connectivity index (χ2n) is 4.03. The van der Waals surface area contributed by atoms with Crippen molar-refractivity contribution in [2.45, 2.75) is 12.5 Å². The maximum atomic E-state index is 11.2. The zero-order chi connectivity index (χ0) is 11.5. The highest BCUT2D eigenvalue weighted by atomic mass is 16.5. The quantitative estimate of drug-likeness (QED) is 0.756. The predicted molar refractivity (Wildman–Crippen MR) is 62.6 cm³/mol. The molecule has 86 valence electrons. The molecule has 1 aliphatic heterocycles. The molecule has 0 saturated carbocycles. The smallest absolute Gasteiger partial charge is 0.337 e. The molecule has 2 rings (SSSR count). The van der Waals surface area contributed by atoms with Crippen molar-refractivity contribution in [2.24, 2.45) is 5.73 Å². The van der Waals surface area contributed by atoms with Crippen molar-refractivity contribution in [2.75, 3.05) is 25.1 Å². The van der Waals surface area contributed by atoms with E-state index in [1.807, 2.05) is 12.1 Å². The van der Waals surface area contributed by atoms with Crippen LogP contribution in [0.25, 0.3) is 0 Å². The fraction of sp³-hybridized carbons (Fsp3) is 0.417. The summed E-state index contributed by atoms with van der Waals surface area (Å²) in [6.45, 7) is 1.87. The summed E-state index contributed by atoms with van der Waals surface area (Å²) in [7, 11) is 1.38. The highest BCUT2D eigenvalue weighted by molar-refractivity contribution is 5.89. The first kappa shape index (κ1) is 11.0. The molecule has 1 aromatic carbocycles. The van der Waals surface area contributed by atoms with Gasteiger partial charge in [0.2, 0.25) is 0 Å². The molecule has 1 heterocycles. The van der Waals surface area contributed by atoms with Crippen molar-refractivity contribution in [3.05, 3.63) is 29.8 Å². The van der Waals surface area contributed by atoms with E-state index >= 15 is 0 Å². The fourth-order valence-electron chi connectivity index (χ4n) is 1.95. The molecule has 1 aromatic rings. The Hall–Kier alpha value is -1.55. The van der Waals surface area contributed by atoms with Crippen molar-refractivity contribution < 1.29 is 9.53 Å². The van der Waals surface area contributed by atoms with E-state index in [1.165, 1.54) is 7.11 Å². The van der Waals surface area contributed by atoms with Crippen LogP contribution in [0.1, 0.15) is 16.8 Å². The molecule has 0 spiro atoms. The van der Waals surface area contributed by atoms with E-state index in [0.29, 0.717) is 5.56 Å². The van der Waals surface area contributed by atoms with E-state index < -0.39 is 0 Å². The number of hydrogen-bond acceptors (Lipinski definition) is 4. The zero-order valence-corrected chi connectivity index (χ0v) is 9.35. The Morgan fingerprint density at radius 1 is 1.44 bits per heavy atom. The van der Waals surface area contributed by atoms with Gasteiger partial charge >= 0.3 is 5.97 Å². The van der Waals surface area contributed by atoms with Gasteiger partial charge in [0, 0.05) is 24.8 Å². The third-order valence-electron chi connectivity index (χ3n) is 2.88. The summed E-state index contributed by atoms with van der Waals surface area (Å²) >= 11 is 0. The van der Waals surface area contributed by atoms with Crippen molar-refractivity contribution in [3.8, 4) is 0 Å². The third kappa shape index (κ3) is 2.17. The highest BCUT2D eigenvalue weighted by Crippen LogP contribution is 2.20. The molecule has 2 N–H and O–H groups in total. The Morgan fingerprint density at radius 3 is 2.62 bits per heavy atom. The van der Waals surface area contributed by atoms with E-state index in [4.69, 9.17) is 5.73 Å². The average molecular weight is 220 g/mol. The lowest BCUT2D eigenvalue weighted by atomic mass is 10.2. The third-order valence-corrected chi connectivity index (χ3v) is 2.88. The second-order valence-corrected chi connectivity index (χ2v) is 4.03. The van der Waals surface area contributed by atoms with Crippen molar-refractivity contribution in [1.82, 2.24) is 0 Å². The number of methoxy groups -OCH3 is 1. The van der Waals surface area contributed by atoms with Crippen molar-refractivity contribution >= 4 is 11.7 Å². The van der Waals surface area contributed by atoms with Crippen LogP contribution in [-0.4, -0.2) is 32.2 Å². The number of ether oxygens (including phenoxy) is 1. The molecule has 0 aliphatic carbocycles. The van der Waals surface area contributed by atoms with Crippen LogP contribution in [0, 0.1) is 0 Å². The molecule has 0 unspecified atom stereocenters. The lowest BCUT2D eigenvalue weighted by molar-refractivity contribution is 0.0601. The van der Waals surface area contributed by atoms with Crippen LogP contribution in [-0.2, 0) is 4.74 Å². The molecule has 1 saturated heterocycles. The van der Waals surface area contributed by atoms with E-state index in [9.17, 15) is 4.79 Å². The topological polar surface area (TPSA) is 55.6 Å². The van der Waals surface area contributed by atoms with Gasteiger partial charge in [0.15, 0.2) is 0 Å². The molecular formula is C12H16N2O2. The van der Waals surface area contributed by atoms with Gasteiger partial charge in [-0.05, 0) is 30.7 Å². The van der Waals surface area contributed by atoms with Crippen LogP contribution >= 0.6 is 0 Å². The van der Waals surface area contributed by atoms with Crippen LogP contribution in [0.3, 0.4) is 0 Å². The minimum absolute atomic E-state index is 0.264. The van der Waals surface area contributed by atoms with E-state index in [0.717, 1.165) is 25.2 Å². The molecule has 4 nitrogen and oxygen atoms in total. The predicted octanol–water partition coefficient (Wildman–Crippen LogP) is 1.01. The first-order chi connectivity index (χ1) is 7.70. The Morgan fingerprint density at radius 2 is 2.12 bits per heavy atom. The van der Waals surface area contributed by atoms with Gasteiger partial charge < -0.3 is 15.4 Å². The molecule has 1 fully saturated rings. The summed E-state index contributed by atoms with van der Waals surface area (Å²) in [5.41, 5.74) is 7.54. The minimum atomic E-state index is -0.301. The lowest BCUT2D eigenvalue weighted by Crippen LogP contribution is -2.26. The highest BCUT2D eigenvalue weighted by Gasteiger charge is 2.19. The monoisotopic (exact) mass is 220 g/mol. The first-order valence-corrected chi connectivity index (χ1v) is 5.39. The maximum absolute atomic E-state index is 11.2. The van der Waals surface area contributed by atoms with E-state index in [1.54, 1.807) is 12.1 Å². The molecule has 1 aliphatic rings. The number of nitrogens with zero attached hydrogens (tertiary/aromatic N) is 1. The number of carbonyl (C=O) groups excluding carboxylic acids is 1. The van der Waals surface area contributed by atoms with Gasteiger partial charge in [0.25, 0.3) is 0 Å². The normalized spacial score (nSPS) is 19.9. The molecule has 0 bridgehead atoms. The summed E-state index contributed by atoms with van der Waals surface area (Å²) in [4.78, 5) is 13.5. The van der Waals surface area contributed by atoms with E-state index in [-0.39, 0.29) is 12.0 Å². The molecule has 4 heteroatoms. The summed E-state index contributed by atoms with van der Waals surface area (Å²) in [6.07, 6.45) is 1.03. The first-order valence-electron chi connectivity index (χ1n) is 5.39. The standard InChI is InChI=1S/C12H16N2O2/c1-16-12(15)9-2-4-11(5-3-9)14-7-6-10(13)8-14/h2-5,10H,6-8,13H2,1H3/t10-/m0/s1. The van der Waals surface area contributed by atoms with Gasteiger partial charge in [-0.3, -0.25) is 0 Å².